The summed E-state index contributed by atoms with van der Waals surface area (Å²) in [5.74, 6) is 0.569. The second-order valence-electron chi connectivity index (χ2n) is 9.11. The van der Waals surface area contributed by atoms with E-state index in [1.807, 2.05) is 97.1 Å². The van der Waals surface area contributed by atoms with Crippen molar-refractivity contribution in [3.8, 4) is 22.9 Å². The molecule has 204 valence electrons. The summed E-state index contributed by atoms with van der Waals surface area (Å²) in [6.07, 6.45) is 8.09. The van der Waals surface area contributed by atoms with E-state index in [4.69, 9.17) is 14.0 Å². The lowest BCUT2D eigenvalue weighted by molar-refractivity contribution is -0.282. The predicted molar refractivity (Wildman–Crippen MR) is 159 cm³/mol. The number of methoxy groups -OCH3 is 1. The molecule has 0 aliphatic heterocycles. The molecule has 41 heavy (non-hydrogen) atoms. The maximum atomic E-state index is 11.6. The lowest BCUT2D eigenvalue weighted by Crippen LogP contribution is -2.00. The van der Waals surface area contributed by atoms with Crippen molar-refractivity contribution in [1.82, 2.24) is 10.2 Å². The topological polar surface area (TPSA) is 83.7 Å². The number of carbonyl (C=O) groups is 1. The summed E-state index contributed by atoms with van der Waals surface area (Å²) in [6, 6.07) is 31.2. The first-order valence-corrected chi connectivity index (χ1v) is 12.9. The number of rotatable bonds is 10. The fourth-order valence-electron chi connectivity index (χ4n) is 4.02. The maximum Gasteiger partial charge on any atom is 0.337 e. The first-order chi connectivity index (χ1) is 20.1. The molecule has 7 heteroatoms. The minimum Gasteiger partial charge on any atom is -0.465 e. The second-order valence-corrected chi connectivity index (χ2v) is 9.11. The first kappa shape index (κ1) is 27.5. The van der Waals surface area contributed by atoms with Gasteiger partial charge in [0.2, 0.25) is 11.8 Å². The van der Waals surface area contributed by atoms with E-state index in [0.717, 1.165) is 38.9 Å². The highest BCUT2D eigenvalue weighted by Gasteiger charge is 2.10. The van der Waals surface area contributed by atoms with E-state index in [0.29, 0.717) is 24.0 Å². The van der Waals surface area contributed by atoms with Gasteiger partial charge in [0.15, 0.2) is 0 Å². The molecular weight excluding hydrogens is 516 g/mol. The molecule has 1 heterocycles. The van der Waals surface area contributed by atoms with Gasteiger partial charge in [-0.2, -0.15) is 0 Å². The summed E-state index contributed by atoms with van der Waals surface area (Å²) in [5, 5.41) is 8.48. The standard InChI is InChI=1S/C34H28N2O5/c1-38-34(37)31-21-15-27(16-22-31)6-5-26-13-19-30(20-14-26)33-36-35-32(41-33)29-17-11-25(12-18-29)4-3-24-7-9-28(10-8-24)23-40-39-2/h3-22H,23H2,1-2H3. The lowest BCUT2D eigenvalue weighted by atomic mass is 10.1. The second kappa shape index (κ2) is 13.3. The van der Waals surface area contributed by atoms with Crippen molar-refractivity contribution in [3.05, 3.63) is 130 Å². The van der Waals surface area contributed by atoms with Crippen LogP contribution in [0, 0.1) is 0 Å². The van der Waals surface area contributed by atoms with Gasteiger partial charge in [0, 0.05) is 11.1 Å². The van der Waals surface area contributed by atoms with E-state index in [9.17, 15) is 4.79 Å². The maximum absolute atomic E-state index is 11.6. The van der Waals surface area contributed by atoms with Crippen LogP contribution in [-0.4, -0.2) is 30.4 Å². The van der Waals surface area contributed by atoms with Gasteiger partial charge >= 0.3 is 5.97 Å². The molecule has 0 saturated carbocycles. The highest BCUT2D eigenvalue weighted by atomic mass is 17.2. The van der Waals surface area contributed by atoms with Crippen LogP contribution in [0.5, 0.6) is 0 Å². The van der Waals surface area contributed by atoms with Gasteiger partial charge in [-0.15, -0.1) is 10.2 Å². The summed E-state index contributed by atoms with van der Waals surface area (Å²) >= 11 is 0. The zero-order valence-corrected chi connectivity index (χ0v) is 22.7. The Morgan fingerprint density at radius 1 is 0.634 bits per heavy atom. The van der Waals surface area contributed by atoms with Crippen molar-refractivity contribution in [2.24, 2.45) is 0 Å². The number of esters is 1. The average Bonchev–Trinajstić information content (AvgIpc) is 3.53. The van der Waals surface area contributed by atoms with Gasteiger partial charge in [0.25, 0.3) is 0 Å². The third-order valence-electron chi connectivity index (χ3n) is 6.33. The molecule has 5 rings (SSSR count). The average molecular weight is 545 g/mol. The lowest BCUT2D eigenvalue weighted by Gasteiger charge is -2.01. The van der Waals surface area contributed by atoms with Gasteiger partial charge in [0.05, 0.1) is 19.8 Å². The monoisotopic (exact) mass is 544 g/mol. The molecule has 1 aromatic heterocycles. The predicted octanol–water partition coefficient (Wildman–Crippen LogP) is 7.61. The molecule has 4 aromatic carbocycles. The molecule has 0 saturated heterocycles. The first-order valence-electron chi connectivity index (χ1n) is 12.9. The van der Waals surface area contributed by atoms with Gasteiger partial charge in [-0.3, -0.25) is 0 Å². The summed E-state index contributed by atoms with van der Waals surface area (Å²) in [5.41, 5.74) is 7.40. The van der Waals surface area contributed by atoms with E-state index >= 15 is 0 Å². The zero-order chi connectivity index (χ0) is 28.4. The summed E-state index contributed by atoms with van der Waals surface area (Å²) in [4.78, 5) is 21.2. The van der Waals surface area contributed by atoms with Crippen LogP contribution in [0.3, 0.4) is 0 Å². The van der Waals surface area contributed by atoms with Crippen molar-refractivity contribution in [3.63, 3.8) is 0 Å². The Morgan fingerprint density at radius 3 is 1.46 bits per heavy atom. The number of ether oxygens (including phenoxy) is 1. The molecule has 0 unspecified atom stereocenters. The van der Waals surface area contributed by atoms with Crippen LogP contribution >= 0.6 is 0 Å². The summed E-state index contributed by atoms with van der Waals surface area (Å²) < 4.78 is 10.7. The van der Waals surface area contributed by atoms with Crippen molar-refractivity contribution in [2.75, 3.05) is 14.2 Å². The van der Waals surface area contributed by atoms with Gasteiger partial charge in [-0.25, -0.2) is 14.6 Å². The van der Waals surface area contributed by atoms with Gasteiger partial charge in [0.1, 0.15) is 6.61 Å². The fraction of sp³-hybridized carbons (Fsp3) is 0.0882. The van der Waals surface area contributed by atoms with Crippen LogP contribution in [0.25, 0.3) is 47.2 Å². The Balaban J connectivity index is 1.19. The minimum absolute atomic E-state index is 0.349. The van der Waals surface area contributed by atoms with E-state index in [1.54, 1.807) is 12.1 Å². The van der Waals surface area contributed by atoms with Crippen molar-refractivity contribution < 1.29 is 23.7 Å². The van der Waals surface area contributed by atoms with Crippen LogP contribution in [0.1, 0.15) is 38.2 Å². The zero-order valence-electron chi connectivity index (χ0n) is 22.7. The highest BCUT2D eigenvalue weighted by Crippen LogP contribution is 2.25. The third kappa shape index (κ3) is 7.30. The van der Waals surface area contributed by atoms with Gasteiger partial charge < -0.3 is 9.15 Å². The van der Waals surface area contributed by atoms with E-state index in [2.05, 4.69) is 27.2 Å². The Morgan fingerprint density at radius 2 is 1.05 bits per heavy atom. The van der Waals surface area contributed by atoms with E-state index in [-0.39, 0.29) is 5.97 Å². The smallest absolute Gasteiger partial charge is 0.337 e. The van der Waals surface area contributed by atoms with Crippen LogP contribution in [0.4, 0.5) is 0 Å². The Kier molecular flexibility index (Phi) is 8.91. The van der Waals surface area contributed by atoms with Crippen LogP contribution in [0.15, 0.2) is 101 Å². The SMILES string of the molecule is COOCc1ccc(C=Cc2ccc(-c3nnc(-c4ccc(C=Cc5ccc(C(=O)OC)cc5)cc4)o3)cc2)cc1. The number of aromatic nitrogens is 2. The van der Waals surface area contributed by atoms with Crippen LogP contribution in [0.2, 0.25) is 0 Å². The number of carbonyl (C=O) groups excluding carboxylic acids is 1. The molecule has 0 aliphatic carbocycles. The van der Waals surface area contributed by atoms with Gasteiger partial charge in [-0.05, 0) is 64.2 Å². The number of nitrogens with zero attached hydrogens (tertiary/aromatic N) is 2. The molecule has 0 N–H and O–H groups in total. The number of hydrogen-bond acceptors (Lipinski definition) is 7. The summed E-state index contributed by atoms with van der Waals surface area (Å²) in [6.45, 7) is 0.416. The van der Waals surface area contributed by atoms with E-state index < -0.39 is 0 Å². The molecule has 0 aliphatic rings. The van der Waals surface area contributed by atoms with Crippen molar-refractivity contribution in [1.29, 1.82) is 0 Å². The molecular formula is C34H28N2O5. The van der Waals surface area contributed by atoms with Crippen molar-refractivity contribution >= 4 is 30.3 Å². The quantitative estimate of drug-likeness (QED) is 0.0774. The summed E-state index contributed by atoms with van der Waals surface area (Å²) in [7, 11) is 2.87. The molecule has 0 atom stereocenters. The molecule has 7 nitrogen and oxygen atoms in total. The largest absolute Gasteiger partial charge is 0.465 e. The van der Waals surface area contributed by atoms with Gasteiger partial charge in [-0.1, -0.05) is 85.0 Å². The fourth-order valence-corrected chi connectivity index (χ4v) is 4.02. The Bertz CT molecular complexity index is 1630. The highest BCUT2D eigenvalue weighted by molar-refractivity contribution is 5.89. The van der Waals surface area contributed by atoms with Crippen LogP contribution in [-0.2, 0) is 21.1 Å². The molecule has 0 fully saturated rings. The molecule has 0 bridgehead atoms. The number of benzene rings is 4. The molecule has 0 amide bonds. The Hall–Kier alpha value is -5.11. The molecule has 0 radical (unpaired) electrons. The van der Waals surface area contributed by atoms with Crippen LogP contribution < -0.4 is 0 Å². The Labute approximate surface area is 238 Å². The third-order valence-corrected chi connectivity index (χ3v) is 6.33. The van der Waals surface area contributed by atoms with Crippen molar-refractivity contribution in [2.45, 2.75) is 6.61 Å². The molecule has 5 aromatic rings. The minimum atomic E-state index is -0.349. The number of hydrogen-bond donors (Lipinski definition) is 0. The molecule has 0 spiro atoms. The normalized spacial score (nSPS) is 11.4. The van der Waals surface area contributed by atoms with E-state index in [1.165, 1.54) is 14.2 Å².